The zero-order valence-electron chi connectivity index (χ0n) is 27.4. The summed E-state index contributed by atoms with van der Waals surface area (Å²) in [5.41, 5.74) is 0. The molecule has 0 spiro atoms. The molecule has 0 saturated carbocycles. The normalized spacial score (nSPS) is 11.2. The van der Waals surface area contributed by atoms with E-state index in [1.165, 1.54) is 29.8 Å². The quantitative estimate of drug-likeness (QED) is 0.0900. The van der Waals surface area contributed by atoms with E-state index in [-0.39, 0.29) is 92.4 Å². The Kier molecular flexibility index (Phi) is 22.7. The molecule has 16 heteroatoms. The van der Waals surface area contributed by atoms with Crippen molar-refractivity contribution in [2.45, 2.75) is 36.5 Å². The molecule has 0 saturated heterocycles. The van der Waals surface area contributed by atoms with E-state index in [9.17, 15) is 19.2 Å². The van der Waals surface area contributed by atoms with Gasteiger partial charge in [0.1, 0.15) is 11.5 Å². The molecule has 0 aliphatic carbocycles. The summed E-state index contributed by atoms with van der Waals surface area (Å²) in [6.07, 6.45) is 4.14. The molecule has 0 bridgehead atoms. The molecule has 254 valence electrons. The number of aliphatic carboxylic acids is 1. The van der Waals surface area contributed by atoms with E-state index in [1.54, 1.807) is 51.6 Å². The van der Waals surface area contributed by atoms with Crippen LogP contribution in [0.2, 0.25) is 0 Å². The number of carbonyl (C=O) groups is 4. The van der Waals surface area contributed by atoms with Crippen LogP contribution in [-0.2, 0) is 14.3 Å². The van der Waals surface area contributed by atoms with Crippen LogP contribution in [0.4, 0.5) is 0 Å². The molecule has 9 nitrogen and oxygen atoms in total. The number of Topliss-reactive ketones (excluding diaryl/α,β-unsaturated/α-hetero) is 2. The number of thioether (sulfide) groups is 2. The number of carboxylic acid groups (broad SMARTS) is 1. The molecule has 4 rings (SSSR count). The van der Waals surface area contributed by atoms with Gasteiger partial charge in [-0.05, 0) is 59.7 Å². The SMILES string of the molecule is COC(=O)[C@@H](C)CC(=O)c1cc2cc(OC)c(SC)cc2s1.COc1cc2cc(C(=O)C[C@H](C)C(=O)O)sc2cc1SC.S.S.[Na+].[OH-]. The number of benzene rings is 2. The van der Waals surface area contributed by atoms with Crippen molar-refractivity contribution in [3.05, 3.63) is 46.2 Å². The van der Waals surface area contributed by atoms with Gasteiger partial charge in [0.05, 0.1) is 52.7 Å². The predicted molar refractivity (Wildman–Crippen MR) is 199 cm³/mol. The Balaban J connectivity index is 0. The van der Waals surface area contributed by atoms with Gasteiger partial charge < -0.3 is 24.8 Å². The van der Waals surface area contributed by atoms with Crippen molar-refractivity contribution < 1.29 is 73.5 Å². The average molecular weight is 771 g/mol. The number of rotatable bonds is 12. The number of carbonyl (C=O) groups excluding carboxylic acids is 3. The third-order valence-corrected chi connectivity index (χ3v) is 10.4. The predicted octanol–water partition coefficient (Wildman–Crippen LogP) is 4.99. The molecule has 2 aromatic carbocycles. The summed E-state index contributed by atoms with van der Waals surface area (Å²) >= 11 is 6.03. The van der Waals surface area contributed by atoms with Gasteiger partial charge in [0, 0.05) is 22.2 Å². The molecule has 0 amide bonds. The molecule has 2 atom stereocenters. The molecule has 0 unspecified atom stereocenters. The number of hydrogen-bond acceptors (Lipinski definition) is 12. The molecule has 47 heavy (non-hydrogen) atoms. The number of fused-ring (bicyclic) bond motifs is 2. The number of carboxylic acids is 1. The minimum atomic E-state index is -0.948. The van der Waals surface area contributed by atoms with E-state index < -0.39 is 17.8 Å². The van der Waals surface area contributed by atoms with Crippen LogP contribution < -0.4 is 39.0 Å². The van der Waals surface area contributed by atoms with E-state index in [1.807, 2.05) is 48.9 Å². The standard InChI is InChI=1S/C16H18O4S2.C15H16O4S2.Na.H2O.2H2S/c1-9(16(18)20-3)5-11(17)14-7-10-6-12(19-2)15(21-4)8-13(10)22-14;1-8(15(17)18)4-10(16)13-6-9-5-11(19-2)14(20-3)7-12(9)21-13;;;;/h6-9H,5H2,1-4H3;5-8H,4H2,1-3H3,(H,17,18);;3*1H2/q;;+1;;;/p-1/t9-;8-;;;;/m00..../s1. The molecule has 4 aromatic rings. The Bertz CT molecular complexity index is 1570. The number of hydrogen-bond donors (Lipinski definition) is 1. The smallest absolute Gasteiger partial charge is 0.870 e. The van der Waals surface area contributed by atoms with Crippen LogP contribution in [0.15, 0.2) is 46.2 Å². The fourth-order valence-corrected chi connectivity index (χ4v) is 7.51. The molecular formula is C31H39NaO9S6. The first-order valence-corrected chi connectivity index (χ1v) is 17.2. The van der Waals surface area contributed by atoms with Crippen molar-refractivity contribution in [3.63, 3.8) is 0 Å². The van der Waals surface area contributed by atoms with E-state index in [2.05, 4.69) is 4.74 Å². The Hall–Kier alpha value is -1.40. The third kappa shape index (κ3) is 12.5. The van der Waals surface area contributed by atoms with Gasteiger partial charge >= 0.3 is 41.5 Å². The van der Waals surface area contributed by atoms with Crippen molar-refractivity contribution in [3.8, 4) is 11.5 Å². The number of ketones is 2. The second-order valence-corrected chi connectivity index (χ2v) is 13.5. The van der Waals surface area contributed by atoms with Crippen LogP contribution >= 0.6 is 73.2 Å². The van der Waals surface area contributed by atoms with E-state index in [0.29, 0.717) is 9.75 Å². The van der Waals surface area contributed by atoms with Gasteiger partial charge in [-0.25, -0.2) is 0 Å². The fraction of sp³-hybridized carbons (Fsp3) is 0.355. The van der Waals surface area contributed by atoms with Crippen LogP contribution in [0.5, 0.6) is 11.5 Å². The summed E-state index contributed by atoms with van der Waals surface area (Å²) in [5, 5.41) is 10.8. The summed E-state index contributed by atoms with van der Waals surface area (Å²) in [6.45, 7) is 3.24. The van der Waals surface area contributed by atoms with Gasteiger partial charge in [0.25, 0.3) is 0 Å². The number of thiophene rings is 2. The second kappa shape index (κ2) is 22.3. The van der Waals surface area contributed by atoms with Crippen molar-refractivity contribution in [2.24, 2.45) is 11.8 Å². The molecule has 0 fully saturated rings. The first kappa shape index (κ1) is 47.7. The van der Waals surface area contributed by atoms with E-state index >= 15 is 0 Å². The molecule has 2 heterocycles. The maximum absolute atomic E-state index is 12.3. The Labute approximate surface area is 327 Å². The molecular weight excluding hydrogens is 732 g/mol. The van der Waals surface area contributed by atoms with Gasteiger partial charge in [-0.15, -0.1) is 46.2 Å². The van der Waals surface area contributed by atoms with Gasteiger partial charge in [-0.3, -0.25) is 19.2 Å². The largest absolute Gasteiger partial charge is 1.00 e. The van der Waals surface area contributed by atoms with Crippen molar-refractivity contribution >= 4 is 117 Å². The van der Waals surface area contributed by atoms with E-state index in [0.717, 1.165) is 41.5 Å². The van der Waals surface area contributed by atoms with Crippen molar-refractivity contribution in [2.75, 3.05) is 33.8 Å². The number of methoxy groups -OCH3 is 3. The van der Waals surface area contributed by atoms with Crippen LogP contribution in [0, 0.1) is 11.8 Å². The minimum Gasteiger partial charge on any atom is -0.870 e. The Morgan fingerprint density at radius 3 is 1.43 bits per heavy atom. The third-order valence-electron chi connectivity index (χ3n) is 6.60. The summed E-state index contributed by atoms with van der Waals surface area (Å²) < 4.78 is 17.4. The average Bonchev–Trinajstić information content (AvgIpc) is 3.62. The Morgan fingerprint density at radius 1 is 0.723 bits per heavy atom. The van der Waals surface area contributed by atoms with Gasteiger partial charge in [-0.1, -0.05) is 13.8 Å². The van der Waals surface area contributed by atoms with Crippen LogP contribution in [0.1, 0.15) is 46.0 Å². The maximum atomic E-state index is 12.3. The number of esters is 1. The fourth-order valence-electron chi connectivity index (χ4n) is 4.14. The molecule has 0 radical (unpaired) electrons. The van der Waals surface area contributed by atoms with Crippen molar-refractivity contribution in [1.29, 1.82) is 0 Å². The van der Waals surface area contributed by atoms with Gasteiger partial charge in [0.2, 0.25) is 0 Å². The van der Waals surface area contributed by atoms with Crippen LogP contribution in [-0.4, -0.2) is 67.9 Å². The summed E-state index contributed by atoms with van der Waals surface area (Å²) in [6, 6.07) is 11.6. The number of ether oxygens (including phenoxy) is 3. The zero-order chi connectivity index (χ0) is 31.8. The maximum Gasteiger partial charge on any atom is 1.00 e. The molecule has 2 aromatic heterocycles. The van der Waals surface area contributed by atoms with Gasteiger partial charge in [0.15, 0.2) is 11.6 Å². The first-order chi connectivity index (χ1) is 20.4. The minimum absolute atomic E-state index is 0. The Morgan fingerprint density at radius 2 is 1.11 bits per heavy atom. The topological polar surface area (TPSA) is 146 Å². The van der Waals surface area contributed by atoms with Crippen LogP contribution in [0.3, 0.4) is 0 Å². The second-order valence-electron chi connectivity index (χ2n) is 9.63. The summed E-state index contributed by atoms with van der Waals surface area (Å²) in [7, 11) is 4.59. The molecule has 0 aliphatic rings. The molecule has 2 N–H and O–H groups in total. The van der Waals surface area contributed by atoms with Gasteiger partial charge in [-0.2, -0.15) is 27.0 Å². The van der Waals surface area contributed by atoms with Crippen LogP contribution in [0.25, 0.3) is 20.2 Å². The molecule has 0 aliphatic heterocycles. The zero-order valence-corrected chi connectivity index (χ0v) is 34.7. The van der Waals surface area contributed by atoms with Crippen molar-refractivity contribution in [1.82, 2.24) is 0 Å². The first-order valence-electron chi connectivity index (χ1n) is 13.1. The summed E-state index contributed by atoms with van der Waals surface area (Å²) in [5.74, 6) is -0.986. The monoisotopic (exact) mass is 770 g/mol. The van der Waals surface area contributed by atoms with E-state index in [4.69, 9.17) is 14.6 Å². The summed E-state index contributed by atoms with van der Waals surface area (Å²) in [4.78, 5) is 50.0.